The molecule has 0 aromatic heterocycles. The molecule has 0 atom stereocenters. The van der Waals surface area contributed by atoms with Gasteiger partial charge in [0.25, 0.3) is 0 Å². The lowest BCUT2D eigenvalue weighted by molar-refractivity contribution is -0.155. The molecule has 1 aliphatic rings. The normalized spacial score (nSPS) is 18.4. The largest absolute Gasteiger partial charge is 0.456 e. The van der Waals surface area contributed by atoms with Crippen LogP contribution in [0.2, 0.25) is 0 Å². The molecule has 16 heavy (non-hydrogen) atoms. The van der Waals surface area contributed by atoms with Crippen LogP contribution < -0.4 is 0 Å². The molecule has 0 unspecified atom stereocenters. The lowest BCUT2D eigenvalue weighted by atomic mass is 9.94. The van der Waals surface area contributed by atoms with Crippen LogP contribution in [0.3, 0.4) is 0 Å². The summed E-state index contributed by atoms with van der Waals surface area (Å²) < 4.78 is 5.59. The Morgan fingerprint density at radius 1 is 1.38 bits per heavy atom. The van der Waals surface area contributed by atoms with E-state index in [4.69, 9.17) is 9.84 Å². The lowest BCUT2D eigenvalue weighted by Gasteiger charge is -2.29. The maximum absolute atomic E-state index is 11.6. The fourth-order valence-electron chi connectivity index (χ4n) is 2.27. The highest BCUT2D eigenvalue weighted by Crippen LogP contribution is 2.37. The summed E-state index contributed by atoms with van der Waals surface area (Å²) in [7, 11) is 0. The number of esters is 1. The second kappa shape index (κ2) is 6.04. The Hall–Kier alpha value is -0.830. The quantitative estimate of drug-likeness (QED) is 0.430. The smallest absolute Gasteiger partial charge is 0.333 e. The molecule has 3 nitrogen and oxygen atoms in total. The number of rotatable bonds is 6. The summed E-state index contributed by atoms with van der Waals surface area (Å²) in [5.74, 6) is -0.272. The fraction of sp³-hybridized carbons (Fsp3) is 0.769. The second-order valence-corrected chi connectivity index (χ2v) is 4.74. The van der Waals surface area contributed by atoms with E-state index in [-0.39, 0.29) is 18.2 Å². The molecule has 0 aliphatic heterocycles. The molecule has 1 fully saturated rings. The van der Waals surface area contributed by atoms with Crippen molar-refractivity contribution in [3.8, 4) is 0 Å². The topological polar surface area (TPSA) is 46.5 Å². The van der Waals surface area contributed by atoms with Gasteiger partial charge < -0.3 is 9.84 Å². The van der Waals surface area contributed by atoms with E-state index in [1.165, 1.54) is 0 Å². The van der Waals surface area contributed by atoms with E-state index in [2.05, 4.69) is 6.58 Å². The predicted octanol–water partition coefficient (Wildman–Crippen LogP) is 2.58. The van der Waals surface area contributed by atoms with E-state index in [1.54, 1.807) is 6.92 Å². The number of carbonyl (C=O) groups is 1. The summed E-state index contributed by atoms with van der Waals surface area (Å²) in [6, 6.07) is 0. The van der Waals surface area contributed by atoms with Crippen LogP contribution in [0.25, 0.3) is 0 Å². The third-order valence-electron chi connectivity index (χ3n) is 3.21. The Balaban J connectivity index is 2.51. The van der Waals surface area contributed by atoms with Gasteiger partial charge in [0, 0.05) is 12.2 Å². The first kappa shape index (κ1) is 13.2. The molecular formula is C13H22O3. The maximum Gasteiger partial charge on any atom is 0.333 e. The predicted molar refractivity (Wildman–Crippen MR) is 63.0 cm³/mol. The van der Waals surface area contributed by atoms with E-state index in [0.717, 1.165) is 44.9 Å². The third-order valence-corrected chi connectivity index (χ3v) is 3.21. The van der Waals surface area contributed by atoms with Crippen molar-refractivity contribution in [2.24, 2.45) is 0 Å². The zero-order valence-electron chi connectivity index (χ0n) is 10.1. The number of hydrogen-bond donors (Lipinski definition) is 1. The number of aliphatic hydroxyl groups is 1. The monoisotopic (exact) mass is 226 g/mol. The second-order valence-electron chi connectivity index (χ2n) is 4.74. The molecule has 0 spiro atoms. The first-order valence-corrected chi connectivity index (χ1v) is 6.09. The van der Waals surface area contributed by atoms with Crippen LogP contribution in [0.15, 0.2) is 12.2 Å². The van der Waals surface area contributed by atoms with Crippen LogP contribution in [0.5, 0.6) is 0 Å². The Kier molecular flexibility index (Phi) is 5.00. The van der Waals surface area contributed by atoms with Crippen LogP contribution in [0, 0.1) is 0 Å². The van der Waals surface area contributed by atoms with Gasteiger partial charge in [0.2, 0.25) is 0 Å². The van der Waals surface area contributed by atoms with Gasteiger partial charge in [0.15, 0.2) is 0 Å². The summed E-state index contributed by atoms with van der Waals surface area (Å²) in [5.41, 5.74) is 0.194. The summed E-state index contributed by atoms with van der Waals surface area (Å²) in [4.78, 5) is 11.6. The maximum atomic E-state index is 11.6. The highest BCUT2D eigenvalue weighted by molar-refractivity contribution is 5.87. The standard InChI is InChI=1S/C13H22O3/c1-11(2)12(15)16-13(7-3-4-8-13)9-5-6-10-14/h14H,1,3-10H2,2H3. The Morgan fingerprint density at radius 3 is 2.50 bits per heavy atom. The minimum Gasteiger partial charge on any atom is -0.456 e. The van der Waals surface area contributed by atoms with Crippen LogP contribution in [0.4, 0.5) is 0 Å². The Bertz CT molecular complexity index is 252. The van der Waals surface area contributed by atoms with Crippen molar-refractivity contribution >= 4 is 5.97 Å². The molecule has 0 amide bonds. The number of ether oxygens (including phenoxy) is 1. The lowest BCUT2D eigenvalue weighted by Crippen LogP contribution is -2.32. The summed E-state index contributed by atoms with van der Waals surface area (Å²) in [6.45, 7) is 5.50. The zero-order valence-corrected chi connectivity index (χ0v) is 10.1. The SMILES string of the molecule is C=C(C)C(=O)OC1(CCCCO)CCCC1. The average molecular weight is 226 g/mol. The van der Waals surface area contributed by atoms with E-state index in [9.17, 15) is 4.79 Å². The molecule has 3 heteroatoms. The van der Waals surface area contributed by atoms with E-state index < -0.39 is 0 Å². The molecule has 1 rings (SSSR count). The molecule has 0 bridgehead atoms. The Labute approximate surface area is 97.5 Å². The first-order chi connectivity index (χ1) is 7.59. The van der Waals surface area contributed by atoms with Crippen molar-refractivity contribution in [1.82, 2.24) is 0 Å². The first-order valence-electron chi connectivity index (χ1n) is 6.09. The van der Waals surface area contributed by atoms with Gasteiger partial charge in [-0.25, -0.2) is 4.79 Å². The van der Waals surface area contributed by atoms with Crippen molar-refractivity contribution in [2.75, 3.05) is 6.61 Å². The number of carbonyl (C=O) groups excluding carboxylic acids is 1. The number of unbranched alkanes of at least 4 members (excludes halogenated alkanes) is 1. The molecule has 1 N–H and O–H groups in total. The van der Waals surface area contributed by atoms with Gasteiger partial charge in [-0.05, 0) is 51.9 Å². The van der Waals surface area contributed by atoms with Gasteiger partial charge >= 0.3 is 5.97 Å². The van der Waals surface area contributed by atoms with Crippen molar-refractivity contribution in [1.29, 1.82) is 0 Å². The minimum atomic E-state index is -0.273. The molecule has 0 aromatic rings. The highest BCUT2D eigenvalue weighted by Gasteiger charge is 2.37. The highest BCUT2D eigenvalue weighted by atomic mass is 16.6. The van der Waals surface area contributed by atoms with Gasteiger partial charge in [-0.3, -0.25) is 0 Å². The molecule has 0 radical (unpaired) electrons. The van der Waals surface area contributed by atoms with Crippen LogP contribution in [-0.4, -0.2) is 23.3 Å². The van der Waals surface area contributed by atoms with Crippen molar-refractivity contribution in [2.45, 2.75) is 57.5 Å². The average Bonchev–Trinajstić information content (AvgIpc) is 2.67. The molecule has 1 aliphatic carbocycles. The van der Waals surface area contributed by atoms with E-state index in [1.807, 2.05) is 0 Å². The van der Waals surface area contributed by atoms with Gasteiger partial charge in [0.1, 0.15) is 5.60 Å². The van der Waals surface area contributed by atoms with E-state index in [0.29, 0.717) is 5.57 Å². The molecule has 0 heterocycles. The Morgan fingerprint density at radius 2 is 2.00 bits per heavy atom. The zero-order chi connectivity index (χ0) is 12.0. The van der Waals surface area contributed by atoms with Crippen molar-refractivity contribution in [3.63, 3.8) is 0 Å². The number of hydrogen-bond acceptors (Lipinski definition) is 3. The van der Waals surface area contributed by atoms with Gasteiger partial charge in [-0.1, -0.05) is 6.58 Å². The van der Waals surface area contributed by atoms with Gasteiger partial charge in [-0.2, -0.15) is 0 Å². The van der Waals surface area contributed by atoms with Crippen LogP contribution in [0.1, 0.15) is 51.9 Å². The van der Waals surface area contributed by atoms with Crippen LogP contribution in [-0.2, 0) is 9.53 Å². The summed E-state index contributed by atoms with van der Waals surface area (Å²) in [5, 5.41) is 8.77. The molecule has 1 saturated carbocycles. The third kappa shape index (κ3) is 3.63. The molecule has 0 aromatic carbocycles. The van der Waals surface area contributed by atoms with Crippen LogP contribution >= 0.6 is 0 Å². The number of aliphatic hydroxyl groups excluding tert-OH is 1. The fourth-order valence-corrected chi connectivity index (χ4v) is 2.27. The molecule has 92 valence electrons. The van der Waals surface area contributed by atoms with Gasteiger partial charge in [0.05, 0.1) is 0 Å². The molecule has 0 saturated heterocycles. The summed E-state index contributed by atoms with van der Waals surface area (Å²) in [6.07, 6.45) is 6.74. The summed E-state index contributed by atoms with van der Waals surface area (Å²) >= 11 is 0. The van der Waals surface area contributed by atoms with Crippen molar-refractivity contribution in [3.05, 3.63) is 12.2 Å². The minimum absolute atomic E-state index is 0.213. The van der Waals surface area contributed by atoms with Gasteiger partial charge in [-0.15, -0.1) is 0 Å². The van der Waals surface area contributed by atoms with Crippen molar-refractivity contribution < 1.29 is 14.6 Å². The molecular weight excluding hydrogens is 204 g/mol. The van der Waals surface area contributed by atoms with E-state index >= 15 is 0 Å².